The number of aliphatic hydroxyl groups is 1. The zero-order chi connectivity index (χ0) is 18.9. The predicted molar refractivity (Wildman–Crippen MR) is 109 cm³/mol. The van der Waals surface area contributed by atoms with Crippen molar-refractivity contribution in [3.8, 4) is 0 Å². The van der Waals surface area contributed by atoms with Gasteiger partial charge in [0.1, 0.15) is 6.23 Å². The van der Waals surface area contributed by atoms with E-state index in [9.17, 15) is 14.7 Å². The predicted octanol–water partition coefficient (Wildman–Crippen LogP) is 3.24. The minimum Gasteiger partial charge on any atom is -0.394 e. The third kappa shape index (κ3) is 6.18. The Kier molecular flexibility index (Phi) is 9.31. The third-order valence-electron chi connectivity index (χ3n) is 4.59. The van der Waals surface area contributed by atoms with Gasteiger partial charge in [-0.15, -0.1) is 0 Å². The molecule has 26 heavy (non-hydrogen) atoms. The van der Waals surface area contributed by atoms with Crippen LogP contribution < -0.4 is 11.2 Å². The molecule has 1 saturated heterocycles. The highest BCUT2D eigenvalue weighted by atomic mass is 33.1. The summed E-state index contributed by atoms with van der Waals surface area (Å²) in [5.74, 6) is 1.09. The lowest BCUT2D eigenvalue weighted by atomic mass is 10.1. The van der Waals surface area contributed by atoms with Crippen molar-refractivity contribution < 1.29 is 9.84 Å². The highest BCUT2D eigenvalue weighted by molar-refractivity contribution is 8.76. The number of rotatable bonds is 11. The van der Waals surface area contributed by atoms with Crippen molar-refractivity contribution >= 4 is 21.6 Å². The van der Waals surface area contributed by atoms with Gasteiger partial charge in [-0.3, -0.25) is 14.3 Å². The molecule has 0 saturated carbocycles. The summed E-state index contributed by atoms with van der Waals surface area (Å²) in [7, 11) is 3.56. The summed E-state index contributed by atoms with van der Waals surface area (Å²) < 4.78 is 7.29. The molecule has 0 aromatic carbocycles. The summed E-state index contributed by atoms with van der Waals surface area (Å²) in [6.45, 7) is 3.82. The summed E-state index contributed by atoms with van der Waals surface area (Å²) in [5.41, 5.74) is -0.363. The Balaban J connectivity index is 1.81. The Hall–Kier alpha value is -0.700. The van der Waals surface area contributed by atoms with Gasteiger partial charge in [0, 0.05) is 29.2 Å². The number of hydrogen-bond donors (Lipinski definition) is 2. The molecule has 1 aromatic rings. The molecule has 0 radical (unpaired) electrons. The van der Waals surface area contributed by atoms with Gasteiger partial charge < -0.3 is 9.84 Å². The molecule has 6 nitrogen and oxygen atoms in total. The van der Waals surface area contributed by atoms with Crippen molar-refractivity contribution in [2.24, 2.45) is 0 Å². The molecule has 0 aliphatic carbocycles. The van der Waals surface area contributed by atoms with E-state index in [1.807, 2.05) is 10.8 Å². The number of nitrogens with zero attached hydrogens (tertiary/aromatic N) is 1. The van der Waals surface area contributed by atoms with Crippen molar-refractivity contribution in [1.82, 2.24) is 9.55 Å². The van der Waals surface area contributed by atoms with E-state index < -0.39 is 11.9 Å². The Morgan fingerprint density at radius 2 is 2.00 bits per heavy atom. The molecule has 148 valence electrons. The van der Waals surface area contributed by atoms with Crippen LogP contribution in [0, 0.1) is 6.92 Å². The van der Waals surface area contributed by atoms with E-state index in [4.69, 9.17) is 4.74 Å². The summed E-state index contributed by atoms with van der Waals surface area (Å²) in [6, 6.07) is 0. The first-order valence-electron chi connectivity index (χ1n) is 9.43. The average molecular weight is 403 g/mol. The lowest BCUT2D eigenvalue weighted by Crippen LogP contribution is -2.33. The molecule has 0 spiro atoms. The first-order valence-corrected chi connectivity index (χ1v) is 11.8. The smallest absolute Gasteiger partial charge is 0.330 e. The maximum atomic E-state index is 12.0. The maximum absolute atomic E-state index is 12.0. The Morgan fingerprint density at radius 1 is 1.27 bits per heavy atom. The Labute approximate surface area is 162 Å². The monoisotopic (exact) mass is 402 g/mol. The van der Waals surface area contributed by atoms with Crippen LogP contribution in [0.15, 0.2) is 15.8 Å². The van der Waals surface area contributed by atoms with Crippen LogP contribution in [-0.4, -0.2) is 38.4 Å². The van der Waals surface area contributed by atoms with Gasteiger partial charge in [0.2, 0.25) is 0 Å². The fourth-order valence-electron chi connectivity index (χ4n) is 3.01. The standard InChI is InChI=1S/C18H30N2O4S2/c1-3-4-5-6-7-8-9-25-26-15-10-16(24-14(15)12-21)20-11-13(2)17(22)19-18(20)23/h11,14-16,21H,3-10,12H2,1-2H3,(H,19,22,23)/t14-,15-,16-/m1/s1. The molecular weight excluding hydrogens is 372 g/mol. The fraction of sp³-hybridized carbons (Fsp3) is 0.778. The SMILES string of the molecule is CCCCCCCCSS[C@@H]1C[C@H](n2cc(C)c(=O)[nH]c2=O)O[C@@H]1CO. The largest absolute Gasteiger partial charge is 0.394 e. The number of aryl methyl sites for hydroxylation is 1. The van der Waals surface area contributed by atoms with Gasteiger partial charge in [0.15, 0.2) is 0 Å². The molecule has 1 aliphatic rings. The van der Waals surface area contributed by atoms with Crippen LogP contribution in [0.25, 0.3) is 0 Å². The molecule has 2 rings (SSSR count). The number of hydrogen-bond acceptors (Lipinski definition) is 6. The van der Waals surface area contributed by atoms with Gasteiger partial charge in [0.25, 0.3) is 5.56 Å². The van der Waals surface area contributed by atoms with Crippen LogP contribution in [-0.2, 0) is 4.74 Å². The quantitative estimate of drug-likeness (QED) is 0.437. The Morgan fingerprint density at radius 3 is 2.73 bits per heavy atom. The highest BCUT2D eigenvalue weighted by Crippen LogP contribution is 2.41. The van der Waals surface area contributed by atoms with E-state index >= 15 is 0 Å². The molecule has 0 bridgehead atoms. The summed E-state index contributed by atoms with van der Waals surface area (Å²) in [5, 5.41) is 9.73. The Bertz CT molecular complexity index is 661. The maximum Gasteiger partial charge on any atom is 0.330 e. The van der Waals surface area contributed by atoms with Crippen LogP contribution in [0.1, 0.15) is 63.7 Å². The zero-order valence-corrected chi connectivity index (χ0v) is 17.2. The molecule has 0 unspecified atom stereocenters. The fourth-order valence-corrected chi connectivity index (χ4v) is 5.90. The van der Waals surface area contributed by atoms with E-state index in [2.05, 4.69) is 11.9 Å². The van der Waals surface area contributed by atoms with E-state index in [1.165, 1.54) is 49.3 Å². The van der Waals surface area contributed by atoms with Gasteiger partial charge in [-0.05, 0) is 13.3 Å². The van der Waals surface area contributed by atoms with Crippen molar-refractivity contribution in [1.29, 1.82) is 0 Å². The summed E-state index contributed by atoms with van der Waals surface area (Å²) in [4.78, 5) is 25.9. The van der Waals surface area contributed by atoms with E-state index in [1.54, 1.807) is 17.7 Å². The zero-order valence-electron chi connectivity index (χ0n) is 15.6. The van der Waals surface area contributed by atoms with E-state index in [0.717, 1.165) is 5.75 Å². The second-order valence-electron chi connectivity index (χ2n) is 6.75. The van der Waals surface area contributed by atoms with Gasteiger partial charge in [0.05, 0.1) is 12.7 Å². The number of aromatic amines is 1. The number of unbranched alkanes of at least 4 members (excludes halogenated alkanes) is 5. The first-order chi connectivity index (χ1) is 12.6. The molecule has 3 atom stereocenters. The van der Waals surface area contributed by atoms with Gasteiger partial charge in [-0.2, -0.15) is 0 Å². The number of ether oxygens (including phenoxy) is 1. The van der Waals surface area contributed by atoms with E-state index in [-0.39, 0.29) is 23.5 Å². The van der Waals surface area contributed by atoms with Crippen molar-refractivity contribution in [3.63, 3.8) is 0 Å². The topological polar surface area (TPSA) is 84.3 Å². The van der Waals surface area contributed by atoms with Gasteiger partial charge >= 0.3 is 5.69 Å². The number of H-pyrrole nitrogens is 1. The van der Waals surface area contributed by atoms with Crippen LogP contribution in [0.4, 0.5) is 0 Å². The molecule has 2 heterocycles. The molecule has 2 N–H and O–H groups in total. The molecule has 1 aromatic heterocycles. The molecule has 1 aliphatic heterocycles. The second kappa shape index (κ2) is 11.2. The second-order valence-corrected chi connectivity index (χ2v) is 9.48. The molecule has 1 fully saturated rings. The van der Waals surface area contributed by atoms with Crippen LogP contribution in [0.5, 0.6) is 0 Å². The lowest BCUT2D eigenvalue weighted by molar-refractivity contribution is -0.0238. The van der Waals surface area contributed by atoms with Crippen LogP contribution >= 0.6 is 21.6 Å². The molecule has 8 heteroatoms. The highest BCUT2D eigenvalue weighted by Gasteiger charge is 2.36. The molecule has 0 amide bonds. The number of aromatic nitrogens is 2. The minimum absolute atomic E-state index is 0.0666. The lowest BCUT2D eigenvalue weighted by Gasteiger charge is -2.15. The van der Waals surface area contributed by atoms with Gasteiger partial charge in [-0.25, -0.2) is 4.79 Å². The summed E-state index contributed by atoms with van der Waals surface area (Å²) >= 11 is 0. The van der Waals surface area contributed by atoms with Crippen LogP contribution in [0.3, 0.4) is 0 Å². The first kappa shape index (κ1) is 21.6. The molecular formula is C18H30N2O4S2. The van der Waals surface area contributed by atoms with Crippen molar-refractivity contribution in [2.45, 2.75) is 76.4 Å². The normalized spacial score (nSPS) is 22.8. The van der Waals surface area contributed by atoms with Crippen molar-refractivity contribution in [2.75, 3.05) is 12.4 Å². The van der Waals surface area contributed by atoms with E-state index in [0.29, 0.717) is 12.0 Å². The average Bonchev–Trinajstić information content (AvgIpc) is 3.03. The summed E-state index contributed by atoms with van der Waals surface area (Å²) in [6.07, 6.45) is 9.16. The van der Waals surface area contributed by atoms with Crippen LogP contribution in [0.2, 0.25) is 0 Å². The number of aliphatic hydroxyl groups excluding tert-OH is 1. The minimum atomic E-state index is -0.465. The third-order valence-corrected chi connectivity index (χ3v) is 7.57. The van der Waals surface area contributed by atoms with Crippen molar-refractivity contribution in [3.05, 3.63) is 32.6 Å². The van der Waals surface area contributed by atoms with Gasteiger partial charge in [-0.1, -0.05) is 60.6 Å². The number of nitrogens with one attached hydrogen (secondary N) is 1.